The molecule has 0 radical (unpaired) electrons. The van der Waals surface area contributed by atoms with Crippen molar-refractivity contribution in [3.63, 3.8) is 0 Å². The predicted molar refractivity (Wildman–Crippen MR) is 74.6 cm³/mol. The monoisotopic (exact) mass is 280 g/mol. The average molecular weight is 280 g/mol. The normalized spacial score (nSPS) is 10.1. The van der Waals surface area contributed by atoms with Crippen LogP contribution in [0.3, 0.4) is 0 Å². The molecule has 0 spiro atoms. The van der Waals surface area contributed by atoms with Crippen molar-refractivity contribution >= 4 is 11.8 Å². The van der Waals surface area contributed by atoms with Gasteiger partial charge in [-0.15, -0.1) is 0 Å². The third-order valence-corrected chi connectivity index (χ3v) is 2.50. The lowest BCUT2D eigenvalue weighted by Crippen LogP contribution is -2.30. The Balaban J connectivity index is 2.22. The van der Waals surface area contributed by atoms with E-state index in [0.717, 1.165) is 6.42 Å². The Morgan fingerprint density at radius 1 is 1.25 bits per heavy atom. The number of primary amides is 1. The summed E-state index contributed by atoms with van der Waals surface area (Å²) in [5.41, 5.74) is 5.52. The molecule has 0 aliphatic carbocycles. The fraction of sp³-hybridized carbons (Fsp3) is 0.429. The van der Waals surface area contributed by atoms with Crippen molar-refractivity contribution in [2.45, 2.75) is 13.3 Å². The molecular weight excluding hydrogens is 260 g/mol. The summed E-state index contributed by atoms with van der Waals surface area (Å²) in [7, 11) is 0. The van der Waals surface area contributed by atoms with Gasteiger partial charge in [0.05, 0.1) is 0 Å². The van der Waals surface area contributed by atoms with Crippen molar-refractivity contribution in [2.24, 2.45) is 5.73 Å². The summed E-state index contributed by atoms with van der Waals surface area (Å²) in [5, 5.41) is 2.72. The lowest BCUT2D eigenvalue weighted by atomic mass is 10.2. The van der Waals surface area contributed by atoms with E-state index < -0.39 is 5.91 Å². The van der Waals surface area contributed by atoms with Gasteiger partial charge in [-0.25, -0.2) is 0 Å². The Morgan fingerprint density at radius 2 is 1.95 bits per heavy atom. The van der Waals surface area contributed by atoms with Gasteiger partial charge in [-0.1, -0.05) is 0 Å². The maximum absolute atomic E-state index is 11.5. The van der Waals surface area contributed by atoms with Crippen LogP contribution in [-0.4, -0.2) is 38.2 Å². The maximum Gasteiger partial charge on any atom is 0.257 e. The Morgan fingerprint density at radius 3 is 2.55 bits per heavy atom. The summed E-state index contributed by atoms with van der Waals surface area (Å²) in [5.74, 6) is -0.177. The van der Waals surface area contributed by atoms with Crippen LogP contribution in [0.25, 0.3) is 0 Å². The number of nitrogens with one attached hydrogen (secondary N) is 1. The molecule has 1 aromatic rings. The first-order chi connectivity index (χ1) is 9.63. The van der Waals surface area contributed by atoms with Gasteiger partial charge in [0.2, 0.25) is 5.91 Å². The van der Waals surface area contributed by atoms with E-state index in [-0.39, 0.29) is 12.5 Å². The summed E-state index contributed by atoms with van der Waals surface area (Å²) in [6.45, 7) is 3.73. The number of ether oxygens (including phenoxy) is 2. The number of rotatable bonds is 9. The predicted octanol–water partition coefficient (Wildman–Crippen LogP) is 0.707. The topological polar surface area (TPSA) is 90.7 Å². The van der Waals surface area contributed by atoms with E-state index in [1.54, 1.807) is 24.3 Å². The van der Waals surface area contributed by atoms with Gasteiger partial charge < -0.3 is 20.5 Å². The third kappa shape index (κ3) is 6.19. The van der Waals surface area contributed by atoms with Gasteiger partial charge in [0, 0.05) is 25.3 Å². The van der Waals surface area contributed by atoms with Crippen molar-refractivity contribution in [2.75, 3.05) is 26.4 Å². The third-order valence-electron chi connectivity index (χ3n) is 2.50. The Bertz CT molecular complexity index is 431. The molecule has 0 saturated carbocycles. The molecule has 0 heterocycles. The highest BCUT2D eigenvalue weighted by Gasteiger charge is 2.03. The molecule has 1 rings (SSSR count). The van der Waals surface area contributed by atoms with Crippen molar-refractivity contribution in [1.29, 1.82) is 0 Å². The summed E-state index contributed by atoms with van der Waals surface area (Å²) < 4.78 is 10.4. The zero-order valence-corrected chi connectivity index (χ0v) is 11.6. The largest absolute Gasteiger partial charge is 0.484 e. The van der Waals surface area contributed by atoms with Gasteiger partial charge in [-0.2, -0.15) is 0 Å². The molecule has 0 unspecified atom stereocenters. The fourth-order valence-corrected chi connectivity index (χ4v) is 1.46. The molecule has 6 heteroatoms. The molecule has 6 nitrogen and oxygen atoms in total. The van der Waals surface area contributed by atoms with Crippen LogP contribution < -0.4 is 15.8 Å². The standard InChI is InChI=1S/C14H20N2O4/c1-2-19-9-3-8-16-13(17)10-20-12-6-4-11(5-7-12)14(15)18/h4-7H,2-3,8-10H2,1H3,(H2,15,18)(H,16,17). The SMILES string of the molecule is CCOCCCNC(=O)COc1ccc(C(N)=O)cc1. The molecule has 0 fully saturated rings. The minimum atomic E-state index is -0.497. The fourth-order valence-electron chi connectivity index (χ4n) is 1.46. The molecule has 2 amide bonds. The number of carbonyl (C=O) groups excluding carboxylic acids is 2. The molecular formula is C14H20N2O4. The maximum atomic E-state index is 11.5. The first-order valence-electron chi connectivity index (χ1n) is 6.50. The van der Waals surface area contributed by atoms with E-state index in [9.17, 15) is 9.59 Å². The van der Waals surface area contributed by atoms with Crippen LogP contribution in [-0.2, 0) is 9.53 Å². The van der Waals surface area contributed by atoms with E-state index >= 15 is 0 Å². The second-order valence-corrected chi connectivity index (χ2v) is 4.08. The van der Waals surface area contributed by atoms with Crippen molar-refractivity contribution in [3.8, 4) is 5.75 Å². The van der Waals surface area contributed by atoms with E-state index in [0.29, 0.717) is 31.1 Å². The van der Waals surface area contributed by atoms with Crippen LogP contribution in [0.5, 0.6) is 5.75 Å². The lowest BCUT2D eigenvalue weighted by molar-refractivity contribution is -0.123. The molecule has 0 bridgehead atoms. The molecule has 3 N–H and O–H groups in total. The van der Waals surface area contributed by atoms with E-state index in [1.807, 2.05) is 6.92 Å². The van der Waals surface area contributed by atoms with Gasteiger partial charge in [0.25, 0.3) is 5.91 Å². The van der Waals surface area contributed by atoms with Gasteiger partial charge in [-0.3, -0.25) is 9.59 Å². The van der Waals surface area contributed by atoms with Gasteiger partial charge in [-0.05, 0) is 37.6 Å². The van der Waals surface area contributed by atoms with Crippen LogP contribution in [0.4, 0.5) is 0 Å². The molecule has 1 aromatic carbocycles. The zero-order valence-electron chi connectivity index (χ0n) is 11.6. The first kappa shape index (κ1) is 16.0. The Hall–Kier alpha value is -2.08. The van der Waals surface area contributed by atoms with Crippen molar-refractivity contribution in [3.05, 3.63) is 29.8 Å². The second kappa shape index (κ2) is 8.92. The minimum Gasteiger partial charge on any atom is -0.484 e. The number of hydrogen-bond acceptors (Lipinski definition) is 4. The number of hydrogen-bond donors (Lipinski definition) is 2. The van der Waals surface area contributed by atoms with Gasteiger partial charge in [0.15, 0.2) is 6.61 Å². The van der Waals surface area contributed by atoms with Crippen LogP contribution in [0.15, 0.2) is 24.3 Å². The van der Waals surface area contributed by atoms with Gasteiger partial charge >= 0.3 is 0 Å². The molecule has 0 atom stereocenters. The number of benzene rings is 1. The highest BCUT2D eigenvalue weighted by Crippen LogP contribution is 2.11. The smallest absolute Gasteiger partial charge is 0.257 e. The second-order valence-electron chi connectivity index (χ2n) is 4.08. The molecule has 0 saturated heterocycles. The Labute approximate surface area is 118 Å². The quantitative estimate of drug-likeness (QED) is 0.652. The van der Waals surface area contributed by atoms with Gasteiger partial charge in [0.1, 0.15) is 5.75 Å². The highest BCUT2D eigenvalue weighted by atomic mass is 16.5. The minimum absolute atomic E-state index is 0.0649. The van der Waals surface area contributed by atoms with Crippen LogP contribution in [0.2, 0.25) is 0 Å². The first-order valence-corrected chi connectivity index (χ1v) is 6.50. The lowest BCUT2D eigenvalue weighted by Gasteiger charge is -2.07. The summed E-state index contributed by atoms with van der Waals surface area (Å²) in [4.78, 5) is 22.4. The molecule has 0 aromatic heterocycles. The molecule has 20 heavy (non-hydrogen) atoms. The molecule has 0 aliphatic heterocycles. The number of amides is 2. The Kier molecular flexibility index (Phi) is 7.13. The van der Waals surface area contributed by atoms with E-state index in [2.05, 4.69) is 5.32 Å². The molecule has 110 valence electrons. The molecule has 0 aliphatic rings. The van der Waals surface area contributed by atoms with E-state index in [4.69, 9.17) is 15.2 Å². The van der Waals surface area contributed by atoms with Crippen LogP contribution in [0.1, 0.15) is 23.7 Å². The van der Waals surface area contributed by atoms with Crippen molar-refractivity contribution < 1.29 is 19.1 Å². The zero-order chi connectivity index (χ0) is 14.8. The van der Waals surface area contributed by atoms with Crippen LogP contribution in [0, 0.1) is 0 Å². The van der Waals surface area contributed by atoms with Crippen molar-refractivity contribution in [1.82, 2.24) is 5.32 Å². The van der Waals surface area contributed by atoms with Crippen LogP contribution >= 0.6 is 0 Å². The summed E-state index contributed by atoms with van der Waals surface area (Å²) >= 11 is 0. The number of nitrogens with two attached hydrogens (primary N) is 1. The number of carbonyl (C=O) groups is 2. The highest BCUT2D eigenvalue weighted by molar-refractivity contribution is 5.92. The summed E-state index contributed by atoms with van der Waals surface area (Å²) in [6.07, 6.45) is 0.771. The average Bonchev–Trinajstić information content (AvgIpc) is 2.45. The van der Waals surface area contributed by atoms with E-state index in [1.165, 1.54) is 0 Å². The summed E-state index contributed by atoms with van der Waals surface area (Å²) in [6, 6.07) is 6.31.